The Morgan fingerprint density at radius 1 is 1.19 bits per heavy atom. The maximum absolute atomic E-state index is 13.2. The van der Waals surface area contributed by atoms with Gasteiger partial charge in [-0.3, -0.25) is 0 Å². The van der Waals surface area contributed by atoms with Gasteiger partial charge in [-0.15, -0.1) is 11.8 Å². The quantitative estimate of drug-likeness (QED) is 0.736. The van der Waals surface area contributed by atoms with Crippen LogP contribution in [0.4, 0.5) is 4.39 Å². The number of nitrogens with one attached hydrogen (secondary N) is 1. The van der Waals surface area contributed by atoms with Crippen molar-refractivity contribution in [2.75, 3.05) is 12.8 Å². The first kappa shape index (κ1) is 16.6. The van der Waals surface area contributed by atoms with Crippen LogP contribution >= 0.6 is 35.0 Å². The maximum atomic E-state index is 13.2. The van der Waals surface area contributed by atoms with Crippen molar-refractivity contribution < 1.29 is 4.39 Å². The Labute approximate surface area is 138 Å². The lowest BCUT2D eigenvalue weighted by atomic mass is 10.1. The zero-order valence-corrected chi connectivity index (χ0v) is 13.9. The molecule has 2 rings (SSSR count). The molecule has 112 valence electrons. The van der Waals surface area contributed by atoms with Gasteiger partial charge in [0.05, 0.1) is 5.02 Å². The Hall–Kier alpha value is -0.740. The average molecular weight is 344 g/mol. The second kappa shape index (κ2) is 8.04. The zero-order valence-electron chi connectivity index (χ0n) is 11.6. The molecule has 0 aromatic heterocycles. The normalized spacial score (nSPS) is 12.4. The van der Waals surface area contributed by atoms with E-state index < -0.39 is 0 Å². The van der Waals surface area contributed by atoms with Crippen molar-refractivity contribution in [3.05, 3.63) is 63.9 Å². The average Bonchev–Trinajstić information content (AvgIpc) is 2.47. The molecule has 0 spiro atoms. The van der Waals surface area contributed by atoms with E-state index in [1.54, 1.807) is 23.9 Å². The molecule has 0 saturated carbocycles. The fourth-order valence-electron chi connectivity index (χ4n) is 1.95. The summed E-state index contributed by atoms with van der Waals surface area (Å²) >= 11 is 13.5. The van der Waals surface area contributed by atoms with Crippen molar-refractivity contribution in [2.24, 2.45) is 0 Å². The van der Waals surface area contributed by atoms with Crippen molar-refractivity contribution in [3.8, 4) is 0 Å². The van der Waals surface area contributed by atoms with E-state index in [1.165, 1.54) is 6.07 Å². The Morgan fingerprint density at radius 3 is 2.67 bits per heavy atom. The van der Waals surface area contributed by atoms with Crippen LogP contribution in [0, 0.1) is 5.82 Å². The van der Waals surface area contributed by atoms with E-state index in [0.29, 0.717) is 0 Å². The predicted octanol–water partition coefficient (Wildman–Crippen LogP) is 5.06. The molecule has 1 atom stereocenters. The standard InChI is InChI=1S/C16H16Cl2FNS/c1-20-13(7-11-5-6-16(19)15(18)8-11)10-21-14-4-2-3-12(17)9-14/h2-6,8-9,13,20H,7,10H2,1H3. The van der Waals surface area contributed by atoms with Crippen LogP contribution in [-0.2, 0) is 6.42 Å². The topological polar surface area (TPSA) is 12.0 Å². The van der Waals surface area contributed by atoms with E-state index >= 15 is 0 Å². The van der Waals surface area contributed by atoms with Crippen molar-refractivity contribution in [1.82, 2.24) is 5.32 Å². The van der Waals surface area contributed by atoms with E-state index in [-0.39, 0.29) is 16.9 Å². The highest BCUT2D eigenvalue weighted by atomic mass is 35.5. The summed E-state index contributed by atoms with van der Waals surface area (Å²) in [6.45, 7) is 0. The maximum Gasteiger partial charge on any atom is 0.141 e. The molecule has 1 nitrogen and oxygen atoms in total. The zero-order chi connectivity index (χ0) is 15.2. The summed E-state index contributed by atoms with van der Waals surface area (Å²) in [5.74, 6) is 0.515. The lowest BCUT2D eigenvalue weighted by Gasteiger charge is -2.16. The van der Waals surface area contributed by atoms with Crippen LogP contribution in [0.3, 0.4) is 0 Å². The molecule has 0 amide bonds. The number of rotatable bonds is 6. The van der Waals surface area contributed by atoms with E-state index in [0.717, 1.165) is 27.7 Å². The summed E-state index contributed by atoms with van der Waals surface area (Å²) in [5.41, 5.74) is 1.02. The second-order valence-corrected chi connectivity index (χ2v) is 6.64. The van der Waals surface area contributed by atoms with Gasteiger partial charge in [0, 0.05) is 21.7 Å². The first-order chi connectivity index (χ1) is 10.1. The van der Waals surface area contributed by atoms with Crippen molar-refractivity contribution in [1.29, 1.82) is 0 Å². The molecule has 0 aliphatic rings. The molecule has 21 heavy (non-hydrogen) atoms. The largest absolute Gasteiger partial charge is 0.316 e. The molecule has 0 aliphatic heterocycles. The molecule has 1 N–H and O–H groups in total. The van der Waals surface area contributed by atoms with Gasteiger partial charge in [0.2, 0.25) is 0 Å². The van der Waals surface area contributed by atoms with Crippen LogP contribution < -0.4 is 5.32 Å². The van der Waals surface area contributed by atoms with E-state index in [4.69, 9.17) is 23.2 Å². The summed E-state index contributed by atoms with van der Waals surface area (Å²) in [4.78, 5) is 1.14. The summed E-state index contributed by atoms with van der Waals surface area (Å²) in [6, 6.07) is 12.9. The summed E-state index contributed by atoms with van der Waals surface area (Å²) in [7, 11) is 1.92. The van der Waals surface area contributed by atoms with Crippen LogP contribution in [-0.4, -0.2) is 18.8 Å². The highest BCUT2D eigenvalue weighted by molar-refractivity contribution is 7.99. The van der Waals surface area contributed by atoms with Crippen molar-refractivity contribution in [3.63, 3.8) is 0 Å². The van der Waals surface area contributed by atoms with Gasteiger partial charge in [0.15, 0.2) is 0 Å². The van der Waals surface area contributed by atoms with Gasteiger partial charge in [-0.1, -0.05) is 35.3 Å². The number of benzene rings is 2. The molecule has 0 bridgehead atoms. The Kier molecular flexibility index (Phi) is 6.37. The van der Waals surface area contributed by atoms with E-state index in [9.17, 15) is 4.39 Å². The Bertz CT molecular complexity index is 607. The second-order valence-electron chi connectivity index (χ2n) is 4.71. The minimum Gasteiger partial charge on any atom is -0.316 e. The SMILES string of the molecule is CNC(CSc1cccc(Cl)c1)Cc1ccc(F)c(Cl)c1. The van der Waals surface area contributed by atoms with Gasteiger partial charge in [0.1, 0.15) is 5.82 Å². The fourth-order valence-corrected chi connectivity index (χ4v) is 3.47. The molecular weight excluding hydrogens is 328 g/mol. The van der Waals surface area contributed by atoms with Gasteiger partial charge in [-0.2, -0.15) is 0 Å². The molecular formula is C16H16Cl2FNS. The molecule has 0 heterocycles. The number of likely N-dealkylation sites (N-methyl/N-ethyl adjacent to an activating group) is 1. The van der Waals surface area contributed by atoms with Gasteiger partial charge < -0.3 is 5.32 Å². The lowest BCUT2D eigenvalue weighted by molar-refractivity contribution is 0.610. The summed E-state index contributed by atoms with van der Waals surface area (Å²) in [5, 5.41) is 4.19. The first-order valence-corrected chi connectivity index (χ1v) is 8.32. The van der Waals surface area contributed by atoms with Gasteiger partial charge >= 0.3 is 0 Å². The number of halogens is 3. The van der Waals surface area contributed by atoms with Gasteiger partial charge in [-0.05, 0) is 49.4 Å². The summed E-state index contributed by atoms with van der Waals surface area (Å²) in [6.07, 6.45) is 0.796. The van der Waals surface area contributed by atoms with E-state index in [2.05, 4.69) is 5.32 Å². The smallest absolute Gasteiger partial charge is 0.141 e. The monoisotopic (exact) mass is 343 g/mol. The van der Waals surface area contributed by atoms with E-state index in [1.807, 2.05) is 31.3 Å². The minimum absolute atomic E-state index is 0.171. The molecule has 0 fully saturated rings. The molecule has 1 unspecified atom stereocenters. The van der Waals surface area contributed by atoms with Crippen molar-refractivity contribution in [2.45, 2.75) is 17.4 Å². The molecule has 0 radical (unpaired) electrons. The predicted molar refractivity (Wildman–Crippen MR) is 90.1 cm³/mol. The van der Waals surface area contributed by atoms with Crippen LogP contribution in [0.1, 0.15) is 5.56 Å². The number of hydrogen-bond acceptors (Lipinski definition) is 2. The third kappa shape index (κ3) is 5.19. The van der Waals surface area contributed by atoms with Gasteiger partial charge in [-0.25, -0.2) is 4.39 Å². The number of hydrogen-bond donors (Lipinski definition) is 1. The van der Waals surface area contributed by atoms with Crippen LogP contribution in [0.15, 0.2) is 47.4 Å². The molecule has 0 aliphatic carbocycles. The van der Waals surface area contributed by atoms with Crippen LogP contribution in [0.5, 0.6) is 0 Å². The lowest BCUT2D eigenvalue weighted by Crippen LogP contribution is -2.30. The minimum atomic E-state index is -0.380. The third-order valence-electron chi connectivity index (χ3n) is 3.12. The molecule has 0 saturated heterocycles. The van der Waals surface area contributed by atoms with Crippen LogP contribution in [0.2, 0.25) is 10.0 Å². The van der Waals surface area contributed by atoms with Gasteiger partial charge in [0.25, 0.3) is 0 Å². The summed E-state index contributed by atoms with van der Waals surface area (Å²) < 4.78 is 13.2. The molecule has 5 heteroatoms. The molecule has 2 aromatic rings. The van der Waals surface area contributed by atoms with Crippen LogP contribution in [0.25, 0.3) is 0 Å². The van der Waals surface area contributed by atoms with Crippen molar-refractivity contribution >= 4 is 35.0 Å². The first-order valence-electron chi connectivity index (χ1n) is 6.58. The highest BCUT2D eigenvalue weighted by Crippen LogP contribution is 2.23. The Balaban J connectivity index is 1.95. The molecule has 2 aromatic carbocycles. The Morgan fingerprint density at radius 2 is 2.00 bits per heavy atom. The number of thioether (sulfide) groups is 1. The highest BCUT2D eigenvalue weighted by Gasteiger charge is 2.10. The third-order valence-corrected chi connectivity index (χ3v) is 4.80. The fraction of sp³-hybridized carbons (Fsp3) is 0.250.